The Labute approximate surface area is 116 Å². The van der Waals surface area contributed by atoms with Crippen LogP contribution in [-0.4, -0.2) is 33.4 Å². The van der Waals surface area contributed by atoms with Crippen molar-refractivity contribution in [3.05, 3.63) is 48.0 Å². The van der Waals surface area contributed by atoms with Crippen LogP contribution in [0.15, 0.2) is 36.5 Å². The maximum Gasteiger partial charge on any atom is 0.271 e. The molecule has 1 amide bonds. The highest BCUT2D eigenvalue weighted by atomic mass is 19.1. The lowest BCUT2D eigenvalue weighted by atomic mass is 10.2. The van der Waals surface area contributed by atoms with Gasteiger partial charge in [0, 0.05) is 18.8 Å². The van der Waals surface area contributed by atoms with Crippen molar-refractivity contribution in [1.29, 1.82) is 0 Å². The minimum Gasteiger partial charge on any atom is -0.396 e. The molecule has 0 bridgehead atoms. The highest BCUT2D eigenvalue weighted by Crippen LogP contribution is 2.09. The number of amides is 1. The first kappa shape index (κ1) is 14.2. The number of rotatable bonds is 5. The van der Waals surface area contributed by atoms with Gasteiger partial charge in [-0.2, -0.15) is 5.10 Å². The lowest BCUT2D eigenvalue weighted by Gasteiger charge is -2.10. The predicted molar refractivity (Wildman–Crippen MR) is 72.2 cm³/mol. The molecule has 0 aliphatic carbocycles. The van der Waals surface area contributed by atoms with Crippen LogP contribution in [0.1, 0.15) is 23.8 Å². The van der Waals surface area contributed by atoms with Crippen LogP contribution >= 0.6 is 0 Å². The van der Waals surface area contributed by atoms with Crippen molar-refractivity contribution in [2.45, 2.75) is 19.4 Å². The first-order valence-electron chi connectivity index (χ1n) is 6.33. The third-order valence-electron chi connectivity index (χ3n) is 2.85. The maximum absolute atomic E-state index is 12.8. The third kappa shape index (κ3) is 3.42. The van der Waals surface area contributed by atoms with Crippen molar-refractivity contribution >= 4 is 5.91 Å². The third-order valence-corrected chi connectivity index (χ3v) is 2.85. The Bertz CT molecular complexity index is 580. The molecule has 2 rings (SSSR count). The summed E-state index contributed by atoms with van der Waals surface area (Å²) in [5.41, 5.74) is 0.952. The molecule has 0 saturated carbocycles. The van der Waals surface area contributed by atoms with Gasteiger partial charge < -0.3 is 10.4 Å². The molecular formula is C14H16FN3O2. The number of nitrogens with one attached hydrogen (secondary N) is 1. The van der Waals surface area contributed by atoms with E-state index in [4.69, 9.17) is 5.11 Å². The zero-order chi connectivity index (χ0) is 14.5. The summed E-state index contributed by atoms with van der Waals surface area (Å²) in [6, 6.07) is 7.30. The van der Waals surface area contributed by atoms with Gasteiger partial charge in [-0.05, 0) is 43.7 Å². The lowest BCUT2D eigenvalue weighted by molar-refractivity contribution is 0.0929. The van der Waals surface area contributed by atoms with E-state index in [2.05, 4.69) is 10.4 Å². The minimum absolute atomic E-state index is 0.0193. The van der Waals surface area contributed by atoms with Crippen molar-refractivity contribution in [2.75, 3.05) is 6.61 Å². The molecule has 0 fully saturated rings. The summed E-state index contributed by atoms with van der Waals surface area (Å²) in [5.74, 6) is -0.622. The molecule has 20 heavy (non-hydrogen) atoms. The number of carbonyl (C=O) groups is 1. The molecule has 0 saturated heterocycles. The molecule has 6 heteroatoms. The largest absolute Gasteiger partial charge is 0.396 e. The highest BCUT2D eigenvalue weighted by Gasteiger charge is 2.12. The Morgan fingerprint density at radius 2 is 2.10 bits per heavy atom. The van der Waals surface area contributed by atoms with Gasteiger partial charge in [-0.1, -0.05) is 0 Å². The zero-order valence-electron chi connectivity index (χ0n) is 11.1. The Morgan fingerprint density at radius 3 is 2.75 bits per heavy atom. The van der Waals surface area contributed by atoms with Crippen LogP contribution in [0.3, 0.4) is 0 Å². The van der Waals surface area contributed by atoms with Gasteiger partial charge in [-0.25, -0.2) is 9.07 Å². The van der Waals surface area contributed by atoms with E-state index in [1.807, 2.05) is 6.92 Å². The number of hydrogen-bond acceptors (Lipinski definition) is 3. The van der Waals surface area contributed by atoms with Gasteiger partial charge in [0.2, 0.25) is 0 Å². The quantitative estimate of drug-likeness (QED) is 0.870. The molecule has 0 aliphatic heterocycles. The van der Waals surface area contributed by atoms with E-state index in [1.54, 1.807) is 24.4 Å². The first-order valence-corrected chi connectivity index (χ1v) is 6.33. The normalized spacial score (nSPS) is 12.2. The smallest absolute Gasteiger partial charge is 0.271 e. The molecule has 0 radical (unpaired) electrons. The predicted octanol–water partition coefficient (Wildman–Crippen LogP) is 1.51. The van der Waals surface area contributed by atoms with E-state index < -0.39 is 0 Å². The number of aliphatic hydroxyl groups excluding tert-OH is 1. The van der Waals surface area contributed by atoms with Crippen LogP contribution in [0, 0.1) is 5.82 Å². The van der Waals surface area contributed by atoms with Gasteiger partial charge in [0.25, 0.3) is 5.91 Å². The van der Waals surface area contributed by atoms with Gasteiger partial charge in [0.05, 0.1) is 5.69 Å². The van der Waals surface area contributed by atoms with Crippen molar-refractivity contribution in [1.82, 2.24) is 15.1 Å². The van der Waals surface area contributed by atoms with E-state index >= 15 is 0 Å². The summed E-state index contributed by atoms with van der Waals surface area (Å²) >= 11 is 0. The van der Waals surface area contributed by atoms with E-state index in [1.165, 1.54) is 16.8 Å². The highest BCUT2D eigenvalue weighted by molar-refractivity contribution is 5.92. The topological polar surface area (TPSA) is 67.2 Å². The number of hydrogen-bond donors (Lipinski definition) is 2. The Hall–Kier alpha value is -2.21. The molecule has 1 atom stereocenters. The molecule has 2 aromatic rings. The molecule has 5 nitrogen and oxygen atoms in total. The van der Waals surface area contributed by atoms with Crippen LogP contribution in [-0.2, 0) is 0 Å². The van der Waals surface area contributed by atoms with Gasteiger partial charge in [-0.3, -0.25) is 4.79 Å². The average molecular weight is 277 g/mol. The number of halogens is 1. The number of nitrogens with zero attached hydrogens (tertiary/aromatic N) is 2. The second kappa shape index (κ2) is 6.29. The second-order valence-corrected chi connectivity index (χ2v) is 4.51. The molecule has 1 heterocycles. The van der Waals surface area contributed by atoms with Crippen molar-refractivity contribution in [3.63, 3.8) is 0 Å². The van der Waals surface area contributed by atoms with Crippen LogP contribution in [0.2, 0.25) is 0 Å². The summed E-state index contributed by atoms with van der Waals surface area (Å²) < 4.78 is 14.3. The standard InChI is InChI=1S/C14H16FN3O2/c1-10(7-9-19)16-14(20)13-6-8-18(17-13)12-4-2-11(15)3-5-12/h2-6,8,10,19H,7,9H2,1H3,(H,16,20). The lowest BCUT2D eigenvalue weighted by Crippen LogP contribution is -2.33. The van der Waals surface area contributed by atoms with Crippen LogP contribution in [0.25, 0.3) is 5.69 Å². The molecule has 1 aromatic heterocycles. The monoisotopic (exact) mass is 277 g/mol. The van der Waals surface area contributed by atoms with E-state index in [0.717, 1.165) is 0 Å². The van der Waals surface area contributed by atoms with Crippen LogP contribution < -0.4 is 5.32 Å². The average Bonchev–Trinajstić information content (AvgIpc) is 2.89. The molecule has 0 spiro atoms. The number of aromatic nitrogens is 2. The Morgan fingerprint density at radius 1 is 1.40 bits per heavy atom. The van der Waals surface area contributed by atoms with Crippen LogP contribution in [0.5, 0.6) is 0 Å². The molecule has 1 unspecified atom stereocenters. The van der Waals surface area contributed by atoms with Crippen molar-refractivity contribution < 1.29 is 14.3 Å². The van der Waals surface area contributed by atoms with Gasteiger partial charge in [-0.15, -0.1) is 0 Å². The zero-order valence-corrected chi connectivity index (χ0v) is 11.1. The Balaban J connectivity index is 2.08. The summed E-state index contributed by atoms with van der Waals surface area (Å²) in [7, 11) is 0. The first-order chi connectivity index (χ1) is 9.60. The Kier molecular flexibility index (Phi) is 4.47. The summed E-state index contributed by atoms with van der Waals surface area (Å²) in [5, 5.41) is 15.7. The molecule has 0 aliphatic rings. The second-order valence-electron chi connectivity index (χ2n) is 4.51. The van der Waals surface area contributed by atoms with Gasteiger partial charge >= 0.3 is 0 Å². The summed E-state index contributed by atoms with van der Waals surface area (Å²) in [6.07, 6.45) is 2.13. The van der Waals surface area contributed by atoms with Gasteiger partial charge in [0.15, 0.2) is 5.69 Å². The fraction of sp³-hybridized carbons (Fsp3) is 0.286. The van der Waals surface area contributed by atoms with Gasteiger partial charge in [0.1, 0.15) is 5.82 Å². The summed E-state index contributed by atoms with van der Waals surface area (Å²) in [6.45, 7) is 1.83. The van der Waals surface area contributed by atoms with Crippen molar-refractivity contribution in [3.8, 4) is 5.69 Å². The fourth-order valence-electron chi connectivity index (χ4n) is 1.75. The number of aliphatic hydroxyl groups is 1. The maximum atomic E-state index is 12.8. The molecule has 2 N–H and O–H groups in total. The number of carbonyl (C=O) groups excluding carboxylic acids is 1. The van der Waals surface area contributed by atoms with E-state index in [0.29, 0.717) is 12.1 Å². The SMILES string of the molecule is CC(CCO)NC(=O)c1ccn(-c2ccc(F)cc2)n1. The fourth-order valence-corrected chi connectivity index (χ4v) is 1.75. The van der Waals surface area contributed by atoms with E-state index in [9.17, 15) is 9.18 Å². The van der Waals surface area contributed by atoms with Crippen LogP contribution in [0.4, 0.5) is 4.39 Å². The van der Waals surface area contributed by atoms with Crippen molar-refractivity contribution in [2.24, 2.45) is 0 Å². The molecular weight excluding hydrogens is 261 g/mol. The summed E-state index contributed by atoms with van der Waals surface area (Å²) in [4.78, 5) is 11.9. The molecule has 106 valence electrons. The molecule has 1 aromatic carbocycles. The number of benzene rings is 1. The minimum atomic E-state index is -0.322. The van der Waals surface area contributed by atoms with E-state index in [-0.39, 0.29) is 30.1 Å².